The number of amides is 2. The van der Waals surface area contributed by atoms with Gasteiger partial charge in [-0.25, -0.2) is 9.59 Å². The fourth-order valence-electron chi connectivity index (χ4n) is 4.01. The molecular weight excluding hydrogens is 364 g/mol. The van der Waals surface area contributed by atoms with Crippen molar-refractivity contribution in [2.75, 3.05) is 12.3 Å². The van der Waals surface area contributed by atoms with Crippen LogP contribution in [0.25, 0.3) is 0 Å². The van der Waals surface area contributed by atoms with Gasteiger partial charge in [0, 0.05) is 6.54 Å². The second-order valence-corrected chi connectivity index (χ2v) is 10.1. The molecule has 6 nitrogen and oxygen atoms in total. The summed E-state index contributed by atoms with van der Waals surface area (Å²) < 4.78 is 11.4. The van der Waals surface area contributed by atoms with Crippen molar-refractivity contribution >= 4 is 24.8 Å². The first kappa shape index (κ1) is 22.2. The highest BCUT2D eigenvalue weighted by molar-refractivity contribution is 7.80. The molecule has 1 saturated heterocycles. The van der Waals surface area contributed by atoms with E-state index >= 15 is 0 Å². The molecule has 1 aliphatic heterocycles. The number of piperazine rings is 1. The summed E-state index contributed by atoms with van der Waals surface area (Å²) >= 11 is 4.38. The molecule has 2 fully saturated rings. The maximum absolute atomic E-state index is 13.0. The summed E-state index contributed by atoms with van der Waals surface area (Å²) in [6, 6.07) is -0.152. The van der Waals surface area contributed by atoms with Crippen molar-refractivity contribution in [2.45, 2.75) is 103 Å². The highest BCUT2D eigenvalue weighted by Gasteiger charge is 2.48. The van der Waals surface area contributed by atoms with Crippen LogP contribution in [-0.2, 0) is 9.47 Å². The molecule has 0 aromatic heterocycles. The summed E-state index contributed by atoms with van der Waals surface area (Å²) in [4.78, 5) is 29.6. The van der Waals surface area contributed by atoms with E-state index in [9.17, 15) is 9.59 Å². The van der Waals surface area contributed by atoms with E-state index in [1.54, 1.807) is 0 Å². The number of ether oxygens (including phenoxy) is 2. The van der Waals surface area contributed by atoms with Crippen molar-refractivity contribution in [1.29, 1.82) is 0 Å². The van der Waals surface area contributed by atoms with Crippen LogP contribution in [0.2, 0.25) is 0 Å². The van der Waals surface area contributed by atoms with E-state index in [0.29, 0.717) is 18.7 Å². The fraction of sp³-hybridized carbons (Fsp3) is 0.900. The number of fused-ring (bicyclic) bond motifs is 1. The van der Waals surface area contributed by atoms with Crippen LogP contribution >= 0.6 is 12.6 Å². The van der Waals surface area contributed by atoms with Crippen molar-refractivity contribution < 1.29 is 19.1 Å². The number of thiol groups is 1. The first-order valence-corrected chi connectivity index (χ1v) is 10.7. The van der Waals surface area contributed by atoms with Gasteiger partial charge >= 0.3 is 12.2 Å². The van der Waals surface area contributed by atoms with Crippen molar-refractivity contribution in [3.8, 4) is 0 Å². The van der Waals surface area contributed by atoms with Gasteiger partial charge in [0.1, 0.15) is 11.2 Å². The summed E-state index contributed by atoms with van der Waals surface area (Å²) in [7, 11) is 0. The average molecular weight is 401 g/mol. The molecule has 0 spiro atoms. The third kappa shape index (κ3) is 5.93. The molecule has 27 heavy (non-hydrogen) atoms. The molecule has 2 unspecified atom stereocenters. The summed E-state index contributed by atoms with van der Waals surface area (Å²) in [5, 5.41) is 0. The minimum atomic E-state index is -0.547. The standard InChI is InChI=1S/C20H36N2O4S/c1-19(2,3)25-17(23)21-13-14(11-12-27)22(18(24)26-20(4,5)6)16-10-8-7-9-15(16)21/h14-16,27H,7-13H2,1-6H3/t14?,15?,16-/m0/s1. The second-order valence-electron chi connectivity index (χ2n) is 9.61. The smallest absolute Gasteiger partial charge is 0.410 e. The van der Waals surface area contributed by atoms with E-state index < -0.39 is 11.2 Å². The van der Waals surface area contributed by atoms with Gasteiger partial charge in [-0.3, -0.25) is 4.90 Å². The molecule has 156 valence electrons. The van der Waals surface area contributed by atoms with E-state index in [-0.39, 0.29) is 30.3 Å². The number of hydrogen-bond acceptors (Lipinski definition) is 5. The topological polar surface area (TPSA) is 59.1 Å². The minimum Gasteiger partial charge on any atom is -0.444 e. The van der Waals surface area contributed by atoms with Crippen molar-refractivity contribution in [3.05, 3.63) is 0 Å². The molecule has 0 radical (unpaired) electrons. The van der Waals surface area contributed by atoms with Crippen LogP contribution in [0.3, 0.4) is 0 Å². The average Bonchev–Trinajstić information content (AvgIpc) is 2.50. The summed E-state index contributed by atoms with van der Waals surface area (Å²) in [5.41, 5.74) is -1.09. The Hall–Kier alpha value is -1.11. The van der Waals surface area contributed by atoms with Crippen LogP contribution in [0.15, 0.2) is 0 Å². The monoisotopic (exact) mass is 400 g/mol. The Kier molecular flexibility index (Phi) is 6.98. The van der Waals surface area contributed by atoms with E-state index in [0.717, 1.165) is 25.7 Å². The van der Waals surface area contributed by atoms with Crippen LogP contribution in [0.5, 0.6) is 0 Å². The number of carbonyl (C=O) groups excluding carboxylic acids is 2. The number of rotatable bonds is 2. The number of hydrogen-bond donors (Lipinski definition) is 1. The van der Waals surface area contributed by atoms with E-state index in [4.69, 9.17) is 9.47 Å². The molecule has 2 rings (SSSR count). The van der Waals surface area contributed by atoms with Crippen molar-refractivity contribution in [1.82, 2.24) is 9.80 Å². The Bertz CT molecular complexity index is 541. The Morgan fingerprint density at radius 1 is 0.926 bits per heavy atom. The number of nitrogens with zero attached hydrogens (tertiary/aromatic N) is 2. The maximum atomic E-state index is 13.0. The molecule has 1 saturated carbocycles. The zero-order valence-electron chi connectivity index (χ0n) is 17.7. The highest BCUT2D eigenvalue weighted by Crippen LogP contribution is 2.35. The first-order chi connectivity index (χ1) is 12.4. The molecule has 7 heteroatoms. The van der Waals surface area contributed by atoms with Gasteiger partial charge in [-0.15, -0.1) is 0 Å². The Balaban J connectivity index is 2.29. The lowest BCUT2D eigenvalue weighted by atomic mass is 9.84. The molecular formula is C20H36N2O4S. The lowest BCUT2D eigenvalue weighted by Gasteiger charge is -2.53. The third-order valence-corrected chi connectivity index (χ3v) is 5.21. The normalized spacial score (nSPS) is 26.4. The van der Waals surface area contributed by atoms with Crippen LogP contribution in [-0.4, -0.2) is 63.6 Å². The second kappa shape index (κ2) is 8.50. The molecule has 1 heterocycles. The van der Waals surface area contributed by atoms with Gasteiger partial charge in [-0.05, 0) is 66.6 Å². The van der Waals surface area contributed by atoms with Gasteiger partial charge in [-0.2, -0.15) is 12.6 Å². The van der Waals surface area contributed by atoms with Crippen LogP contribution < -0.4 is 0 Å². The van der Waals surface area contributed by atoms with Crippen LogP contribution in [0, 0.1) is 0 Å². The minimum absolute atomic E-state index is 0.0164. The lowest BCUT2D eigenvalue weighted by Crippen LogP contribution is -2.68. The molecule has 0 aromatic carbocycles. The van der Waals surface area contributed by atoms with Gasteiger partial charge in [0.25, 0.3) is 0 Å². The van der Waals surface area contributed by atoms with Gasteiger partial charge in [-0.1, -0.05) is 12.8 Å². The van der Waals surface area contributed by atoms with E-state index in [2.05, 4.69) is 12.6 Å². The van der Waals surface area contributed by atoms with E-state index in [1.807, 2.05) is 51.3 Å². The van der Waals surface area contributed by atoms with Crippen molar-refractivity contribution in [2.24, 2.45) is 0 Å². The molecule has 2 amide bonds. The predicted molar refractivity (Wildman–Crippen MR) is 109 cm³/mol. The van der Waals surface area contributed by atoms with E-state index in [1.165, 1.54) is 0 Å². The summed E-state index contributed by atoms with van der Waals surface area (Å²) in [6.07, 6.45) is 4.02. The lowest BCUT2D eigenvalue weighted by molar-refractivity contribution is -0.0628. The highest BCUT2D eigenvalue weighted by atomic mass is 32.1. The van der Waals surface area contributed by atoms with Gasteiger partial charge in [0.2, 0.25) is 0 Å². The Morgan fingerprint density at radius 3 is 1.96 bits per heavy atom. The van der Waals surface area contributed by atoms with Gasteiger partial charge in [0.05, 0.1) is 18.1 Å². The zero-order valence-corrected chi connectivity index (χ0v) is 18.6. The number of carbonyl (C=O) groups is 2. The summed E-state index contributed by atoms with van der Waals surface area (Å²) in [5.74, 6) is 0.642. The quantitative estimate of drug-likeness (QED) is 0.695. The molecule has 0 aromatic rings. The molecule has 0 bridgehead atoms. The van der Waals surface area contributed by atoms with Crippen LogP contribution in [0.4, 0.5) is 9.59 Å². The molecule has 2 aliphatic rings. The van der Waals surface area contributed by atoms with Gasteiger partial charge < -0.3 is 14.4 Å². The molecule has 0 N–H and O–H groups in total. The Labute approximate surface area is 169 Å². The largest absolute Gasteiger partial charge is 0.444 e. The van der Waals surface area contributed by atoms with Gasteiger partial charge in [0.15, 0.2) is 0 Å². The third-order valence-electron chi connectivity index (χ3n) is 4.95. The zero-order chi connectivity index (χ0) is 20.4. The summed E-state index contributed by atoms with van der Waals surface area (Å²) in [6.45, 7) is 11.8. The van der Waals surface area contributed by atoms with Crippen molar-refractivity contribution in [3.63, 3.8) is 0 Å². The maximum Gasteiger partial charge on any atom is 0.410 e. The first-order valence-electron chi connectivity index (χ1n) is 10.0. The SMILES string of the molecule is CC(C)(C)OC(=O)N1CC(CCS)N(C(=O)OC(C)(C)C)[C@H]2CCCCC21. The Morgan fingerprint density at radius 2 is 1.44 bits per heavy atom. The fourth-order valence-corrected chi connectivity index (χ4v) is 4.31. The van der Waals surface area contributed by atoms with Crippen LogP contribution in [0.1, 0.15) is 73.6 Å². The predicted octanol–water partition coefficient (Wildman–Crippen LogP) is 4.47. The molecule has 3 atom stereocenters. The molecule has 1 aliphatic carbocycles.